The molecule has 0 aliphatic heterocycles. The Morgan fingerprint density at radius 2 is 2.18 bits per heavy atom. The lowest BCUT2D eigenvalue weighted by Gasteiger charge is -2.04. The van der Waals surface area contributed by atoms with Crippen LogP contribution in [0.1, 0.15) is 0 Å². The number of nitrogens with one attached hydrogen (secondary N) is 1. The Morgan fingerprint density at radius 3 is 2.82 bits per heavy atom. The summed E-state index contributed by atoms with van der Waals surface area (Å²) in [7, 11) is 1.52. The van der Waals surface area contributed by atoms with Gasteiger partial charge in [-0.2, -0.15) is 0 Å². The average Bonchev–Trinajstić information content (AvgIpc) is 2.32. The van der Waals surface area contributed by atoms with Crippen molar-refractivity contribution < 1.29 is 19.4 Å². The van der Waals surface area contributed by atoms with Crippen molar-refractivity contribution in [1.82, 2.24) is 4.98 Å². The van der Waals surface area contributed by atoms with Gasteiger partial charge in [0.2, 0.25) is 5.43 Å². The number of carboxylic acid groups (broad SMARTS) is 1. The summed E-state index contributed by atoms with van der Waals surface area (Å²) in [6.07, 6.45) is -0.318. The minimum Gasteiger partial charge on any atom is -0.497 e. The Hall–Kier alpha value is -2.50. The molecular formula is C11H9NO5. The lowest BCUT2D eigenvalue weighted by atomic mass is 10.2. The van der Waals surface area contributed by atoms with Crippen molar-refractivity contribution >= 4 is 17.1 Å². The molecule has 0 amide bonds. The first-order valence-corrected chi connectivity index (χ1v) is 4.72. The van der Waals surface area contributed by atoms with E-state index >= 15 is 0 Å². The van der Waals surface area contributed by atoms with Gasteiger partial charge in [0.25, 0.3) is 0 Å². The summed E-state index contributed by atoms with van der Waals surface area (Å²) in [6.45, 7) is 0. The van der Waals surface area contributed by atoms with Gasteiger partial charge in [-0.15, -0.1) is 0 Å². The molecule has 0 radical (unpaired) electrons. The Bertz CT molecular complexity index is 631. The Kier molecular flexibility index (Phi) is 2.70. The third-order valence-corrected chi connectivity index (χ3v) is 2.25. The van der Waals surface area contributed by atoms with Crippen molar-refractivity contribution in [3.8, 4) is 11.5 Å². The number of aromatic nitrogens is 1. The Morgan fingerprint density at radius 1 is 1.41 bits per heavy atom. The summed E-state index contributed by atoms with van der Waals surface area (Å²) in [4.78, 5) is 24.9. The van der Waals surface area contributed by atoms with Gasteiger partial charge in [0.15, 0.2) is 5.75 Å². The van der Waals surface area contributed by atoms with E-state index in [1.807, 2.05) is 0 Å². The lowest BCUT2D eigenvalue weighted by Crippen LogP contribution is -2.13. The summed E-state index contributed by atoms with van der Waals surface area (Å²) >= 11 is 0. The number of aromatic amines is 1. The topological polar surface area (TPSA) is 88.6 Å². The van der Waals surface area contributed by atoms with Crippen LogP contribution in [0.4, 0.5) is 4.79 Å². The molecule has 2 aromatic rings. The smallest absolute Gasteiger partial charge is 0.497 e. The third kappa shape index (κ3) is 2.05. The number of methoxy groups -OCH3 is 1. The summed E-state index contributed by atoms with van der Waals surface area (Å²) in [5.74, 6) is 0.343. The fourth-order valence-corrected chi connectivity index (χ4v) is 1.48. The first-order valence-electron chi connectivity index (χ1n) is 4.72. The number of rotatable bonds is 2. The Balaban J connectivity index is 2.60. The monoisotopic (exact) mass is 235 g/mol. The molecule has 0 aliphatic rings. The molecule has 0 fully saturated rings. The van der Waals surface area contributed by atoms with Crippen LogP contribution in [0, 0.1) is 0 Å². The molecule has 2 N–H and O–H groups in total. The third-order valence-electron chi connectivity index (χ3n) is 2.25. The maximum Gasteiger partial charge on any atom is 0.511 e. The highest BCUT2D eigenvalue weighted by molar-refractivity contribution is 5.81. The van der Waals surface area contributed by atoms with Gasteiger partial charge in [0.05, 0.1) is 12.6 Å². The minimum atomic E-state index is -1.52. The number of fused-ring (bicyclic) bond motifs is 1. The van der Waals surface area contributed by atoms with Gasteiger partial charge in [-0.1, -0.05) is 0 Å². The van der Waals surface area contributed by atoms with Crippen molar-refractivity contribution in [2.45, 2.75) is 0 Å². The summed E-state index contributed by atoms with van der Waals surface area (Å²) in [6, 6.07) is 4.80. The van der Waals surface area contributed by atoms with Crippen molar-refractivity contribution in [3.63, 3.8) is 0 Å². The van der Waals surface area contributed by atoms with Crippen LogP contribution < -0.4 is 14.9 Å². The molecule has 6 heteroatoms. The Labute approximate surface area is 95.4 Å². The van der Waals surface area contributed by atoms with Crippen LogP contribution in [0.3, 0.4) is 0 Å². The highest BCUT2D eigenvalue weighted by Crippen LogP contribution is 2.18. The van der Waals surface area contributed by atoms with E-state index in [1.165, 1.54) is 13.3 Å². The summed E-state index contributed by atoms with van der Waals surface area (Å²) in [5, 5.41) is 8.79. The van der Waals surface area contributed by atoms with E-state index in [2.05, 4.69) is 9.72 Å². The molecule has 0 spiro atoms. The van der Waals surface area contributed by atoms with Crippen LogP contribution in [-0.2, 0) is 0 Å². The number of hydrogen-bond donors (Lipinski definition) is 2. The second-order valence-electron chi connectivity index (χ2n) is 3.26. The predicted molar refractivity (Wildman–Crippen MR) is 59.8 cm³/mol. The van der Waals surface area contributed by atoms with Gasteiger partial charge in [-0.3, -0.25) is 4.79 Å². The van der Waals surface area contributed by atoms with Gasteiger partial charge in [0, 0.05) is 17.6 Å². The van der Waals surface area contributed by atoms with Crippen molar-refractivity contribution in [2.75, 3.05) is 7.11 Å². The standard InChI is InChI=1S/C11H9NO5/c1-16-6-2-3-7-8(4-6)12-5-9(10(7)13)17-11(14)15/h2-5H,1H3,(H,12,13)(H,14,15). The maximum absolute atomic E-state index is 11.8. The molecule has 0 unspecified atom stereocenters. The van der Waals surface area contributed by atoms with Gasteiger partial charge >= 0.3 is 6.16 Å². The first-order chi connectivity index (χ1) is 8.11. The van der Waals surface area contributed by atoms with Crippen LogP contribution >= 0.6 is 0 Å². The molecule has 1 aromatic carbocycles. The van der Waals surface area contributed by atoms with Crippen LogP contribution in [0.15, 0.2) is 29.2 Å². The highest BCUT2D eigenvalue weighted by atomic mass is 16.7. The van der Waals surface area contributed by atoms with Crippen LogP contribution in [-0.4, -0.2) is 23.4 Å². The molecule has 88 valence electrons. The molecule has 1 aromatic heterocycles. The molecule has 6 nitrogen and oxygen atoms in total. The molecule has 1 heterocycles. The van der Waals surface area contributed by atoms with Crippen molar-refractivity contribution in [1.29, 1.82) is 0 Å². The van der Waals surface area contributed by atoms with E-state index in [0.717, 1.165) is 0 Å². The SMILES string of the molecule is COc1ccc2c(=O)c(OC(=O)O)c[nH]c2c1. The van der Waals surface area contributed by atoms with Crippen molar-refractivity contribution in [2.24, 2.45) is 0 Å². The zero-order valence-electron chi connectivity index (χ0n) is 8.89. The van der Waals surface area contributed by atoms with E-state index < -0.39 is 11.6 Å². The second-order valence-corrected chi connectivity index (χ2v) is 3.26. The molecule has 0 saturated heterocycles. The normalized spacial score (nSPS) is 10.2. The van der Waals surface area contributed by atoms with Gasteiger partial charge in [-0.25, -0.2) is 4.79 Å². The highest BCUT2D eigenvalue weighted by Gasteiger charge is 2.09. The largest absolute Gasteiger partial charge is 0.511 e. The van der Waals surface area contributed by atoms with Gasteiger partial charge < -0.3 is 19.6 Å². The molecule has 0 bridgehead atoms. The van der Waals surface area contributed by atoms with E-state index in [9.17, 15) is 9.59 Å². The van der Waals surface area contributed by atoms with Gasteiger partial charge in [-0.05, 0) is 12.1 Å². The number of H-pyrrole nitrogens is 1. The van der Waals surface area contributed by atoms with Crippen molar-refractivity contribution in [3.05, 3.63) is 34.6 Å². The number of pyridine rings is 1. The average molecular weight is 235 g/mol. The van der Waals surface area contributed by atoms with Crippen LogP contribution in [0.2, 0.25) is 0 Å². The number of hydrogen-bond acceptors (Lipinski definition) is 4. The first kappa shape index (κ1) is 11.0. The molecule has 17 heavy (non-hydrogen) atoms. The zero-order valence-corrected chi connectivity index (χ0v) is 8.89. The number of ether oxygens (including phenoxy) is 2. The fourth-order valence-electron chi connectivity index (χ4n) is 1.48. The summed E-state index contributed by atoms with van der Waals surface area (Å²) < 4.78 is 9.36. The van der Waals surface area contributed by atoms with Crippen LogP contribution in [0.5, 0.6) is 11.5 Å². The predicted octanol–water partition coefficient (Wildman–Crippen LogP) is 1.59. The fraction of sp³-hybridized carbons (Fsp3) is 0.0909. The molecule has 0 aliphatic carbocycles. The maximum atomic E-state index is 11.8. The van der Waals surface area contributed by atoms with E-state index in [4.69, 9.17) is 9.84 Å². The van der Waals surface area contributed by atoms with E-state index in [1.54, 1.807) is 18.2 Å². The second kappa shape index (κ2) is 4.17. The number of benzene rings is 1. The van der Waals surface area contributed by atoms with E-state index in [-0.39, 0.29) is 5.75 Å². The molecule has 2 rings (SSSR count). The summed E-state index contributed by atoms with van der Waals surface area (Å²) in [5.41, 5.74) is 0.0656. The lowest BCUT2D eigenvalue weighted by molar-refractivity contribution is 0.144. The molecule has 0 saturated carbocycles. The molecular weight excluding hydrogens is 226 g/mol. The minimum absolute atomic E-state index is 0.254. The van der Waals surface area contributed by atoms with Gasteiger partial charge in [0.1, 0.15) is 5.75 Å². The quantitative estimate of drug-likeness (QED) is 0.771. The number of carbonyl (C=O) groups is 1. The van der Waals surface area contributed by atoms with Crippen LogP contribution in [0.25, 0.3) is 10.9 Å². The zero-order chi connectivity index (χ0) is 12.4. The molecule has 0 atom stereocenters. The van der Waals surface area contributed by atoms with E-state index in [0.29, 0.717) is 16.7 Å².